The van der Waals surface area contributed by atoms with E-state index in [0.29, 0.717) is 18.9 Å². The number of benzene rings is 1. The number of hydrogen-bond acceptors (Lipinski definition) is 5. The number of hydrogen-bond donors (Lipinski definition) is 0. The molecule has 24 heavy (non-hydrogen) atoms. The van der Waals surface area contributed by atoms with E-state index in [1.54, 1.807) is 4.52 Å². The van der Waals surface area contributed by atoms with Gasteiger partial charge >= 0.3 is 0 Å². The largest absolute Gasteiger partial charge is 0.370 e. The van der Waals surface area contributed by atoms with Crippen LogP contribution in [-0.4, -0.2) is 39.3 Å². The number of rotatable bonds is 3. The Kier molecular flexibility index (Phi) is 4.08. The summed E-state index contributed by atoms with van der Waals surface area (Å²) >= 11 is 6.34. The first-order valence-corrected chi connectivity index (χ1v) is 8.44. The molecular formula is C17H18ClN5O. The van der Waals surface area contributed by atoms with Crippen LogP contribution in [-0.2, 0) is 11.2 Å². The van der Waals surface area contributed by atoms with Gasteiger partial charge in [0.05, 0.1) is 6.61 Å². The minimum atomic E-state index is -0.0655. The summed E-state index contributed by atoms with van der Waals surface area (Å²) in [6, 6.07) is 9.92. The van der Waals surface area contributed by atoms with Crippen molar-refractivity contribution in [2.75, 3.05) is 24.6 Å². The second kappa shape index (κ2) is 6.37. The van der Waals surface area contributed by atoms with Crippen LogP contribution in [0.1, 0.15) is 24.3 Å². The Morgan fingerprint density at radius 2 is 2.21 bits per heavy atom. The predicted octanol–water partition coefficient (Wildman–Crippen LogP) is 2.92. The molecule has 124 valence electrons. The molecule has 1 aromatic carbocycles. The molecule has 4 rings (SSSR count). The summed E-state index contributed by atoms with van der Waals surface area (Å²) in [4.78, 5) is 11.0. The average Bonchev–Trinajstić information content (AvgIpc) is 3.10. The zero-order chi connectivity index (χ0) is 16.5. The molecule has 1 saturated heterocycles. The highest BCUT2D eigenvalue weighted by Gasteiger charge is 2.25. The Labute approximate surface area is 145 Å². The van der Waals surface area contributed by atoms with E-state index in [1.807, 2.05) is 24.3 Å². The SMILES string of the molecule is CCc1cc(N2CCOC(c3ccccc3Cl)C2)n2ncnc2n1. The van der Waals surface area contributed by atoms with Crippen molar-refractivity contribution in [3.05, 3.63) is 52.9 Å². The molecule has 1 unspecified atom stereocenters. The maximum absolute atomic E-state index is 6.34. The zero-order valence-corrected chi connectivity index (χ0v) is 14.1. The van der Waals surface area contributed by atoms with Crippen LogP contribution in [0, 0.1) is 0 Å². The smallest absolute Gasteiger partial charge is 0.254 e. The van der Waals surface area contributed by atoms with Gasteiger partial charge in [-0.3, -0.25) is 0 Å². The highest BCUT2D eigenvalue weighted by atomic mass is 35.5. The molecule has 1 aliphatic rings. The first-order valence-electron chi connectivity index (χ1n) is 8.07. The van der Waals surface area contributed by atoms with Crippen LogP contribution in [0.4, 0.5) is 5.82 Å². The Bertz CT molecular complexity index is 865. The average molecular weight is 344 g/mol. The van der Waals surface area contributed by atoms with E-state index in [9.17, 15) is 0 Å². The number of morpholine rings is 1. The van der Waals surface area contributed by atoms with E-state index < -0.39 is 0 Å². The van der Waals surface area contributed by atoms with Gasteiger partial charge < -0.3 is 9.64 Å². The fraction of sp³-hybridized carbons (Fsp3) is 0.353. The standard InChI is InChI=1S/C17H18ClN5O/c1-2-12-9-16(23-17(21-12)19-11-20-23)22-7-8-24-15(10-22)13-5-3-4-6-14(13)18/h3-6,9,11,15H,2,7-8,10H2,1H3. The lowest BCUT2D eigenvalue weighted by Crippen LogP contribution is -2.39. The van der Waals surface area contributed by atoms with E-state index in [-0.39, 0.29) is 6.10 Å². The third-order valence-electron chi connectivity index (χ3n) is 4.29. The van der Waals surface area contributed by atoms with E-state index in [4.69, 9.17) is 16.3 Å². The van der Waals surface area contributed by atoms with Crippen molar-refractivity contribution in [2.45, 2.75) is 19.4 Å². The molecule has 1 aliphatic heterocycles. The second-order valence-corrected chi connectivity index (χ2v) is 6.17. The van der Waals surface area contributed by atoms with Gasteiger partial charge in [-0.2, -0.15) is 14.6 Å². The summed E-state index contributed by atoms with van der Waals surface area (Å²) < 4.78 is 7.75. The molecule has 0 amide bonds. The van der Waals surface area contributed by atoms with Crippen LogP contribution in [0.25, 0.3) is 5.78 Å². The zero-order valence-electron chi connectivity index (χ0n) is 13.4. The summed E-state index contributed by atoms with van der Waals surface area (Å²) in [6.45, 7) is 4.23. The molecule has 7 heteroatoms. The molecule has 0 radical (unpaired) electrons. The number of aryl methyl sites for hydroxylation is 1. The lowest BCUT2D eigenvalue weighted by Gasteiger charge is -2.35. The van der Waals surface area contributed by atoms with Gasteiger partial charge in [-0.05, 0) is 12.5 Å². The maximum Gasteiger partial charge on any atom is 0.254 e. The van der Waals surface area contributed by atoms with Crippen molar-refractivity contribution < 1.29 is 4.74 Å². The van der Waals surface area contributed by atoms with Crippen LogP contribution in [0.15, 0.2) is 36.7 Å². The van der Waals surface area contributed by atoms with Crippen LogP contribution in [0.5, 0.6) is 0 Å². The molecular weight excluding hydrogens is 326 g/mol. The highest BCUT2D eigenvalue weighted by molar-refractivity contribution is 6.31. The minimum absolute atomic E-state index is 0.0655. The molecule has 0 spiro atoms. The van der Waals surface area contributed by atoms with E-state index in [1.165, 1.54) is 6.33 Å². The lowest BCUT2D eigenvalue weighted by molar-refractivity contribution is 0.0394. The summed E-state index contributed by atoms with van der Waals surface area (Å²) in [5.74, 6) is 1.62. The van der Waals surface area contributed by atoms with Gasteiger partial charge in [-0.1, -0.05) is 36.7 Å². The van der Waals surface area contributed by atoms with Crippen molar-refractivity contribution in [3.8, 4) is 0 Å². The van der Waals surface area contributed by atoms with Crippen LogP contribution >= 0.6 is 11.6 Å². The van der Waals surface area contributed by atoms with Gasteiger partial charge in [-0.15, -0.1) is 0 Å². The molecule has 1 atom stereocenters. The first-order chi connectivity index (χ1) is 11.8. The molecule has 1 fully saturated rings. The molecule has 0 saturated carbocycles. The summed E-state index contributed by atoms with van der Waals surface area (Å²) in [5.41, 5.74) is 2.02. The van der Waals surface area contributed by atoms with Gasteiger partial charge in [-0.25, -0.2) is 4.98 Å². The Morgan fingerprint density at radius 3 is 3.04 bits per heavy atom. The van der Waals surface area contributed by atoms with Gasteiger partial charge in [0.1, 0.15) is 18.2 Å². The van der Waals surface area contributed by atoms with Crippen molar-refractivity contribution in [1.82, 2.24) is 19.6 Å². The molecule has 6 nitrogen and oxygen atoms in total. The van der Waals surface area contributed by atoms with Crippen LogP contribution < -0.4 is 4.90 Å². The Morgan fingerprint density at radius 1 is 1.33 bits per heavy atom. The number of aromatic nitrogens is 4. The maximum atomic E-state index is 6.34. The number of fused-ring (bicyclic) bond motifs is 1. The summed E-state index contributed by atoms with van der Waals surface area (Å²) in [5, 5.41) is 5.05. The predicted molar refractivity (Wildman–Crippen MR) is 92.5 cm³/mol. The van der Waals surface area contributed by atoms with Gasteiger partial charge in [0.2, 0.25) is 0 Å². The third kappa shape index (κ3) is 2.72. The number of nitrogens with zero attached hydrogens (tertiary/aromatic N) is 5. The normalized spacial score (nSPS) is 18.2. The van der Waals surface area contributed by atoms with E-state index in [0.717, 1.165) is 35.1 Å². The monoisotopic (exact) mass is 343 g/mol. The van der Waals surface area contributed by atoms with E-state index in [2.05, 4.69) is 33.0 Å². The van der Waals surface area contributed by atoms with Crippen molar-refractivity contribution >= 4 is 23.2 Å². The Balaban J connectivity index is 1.70. The van der Waals surface area contributed by atoms with Gasteiger partial charge in [0.15, 0.2) is 0 Å². The first kappa shape index (κ1) is 15.4. The fourth-order valence-corrected chi connectivity index (χ4v) is 3.29. The highest BCUT2D eigenvalue weighted by Crippen LogP contribution is 2.30. The number of halogens is 1. The quantitative estimate of drug-likeness (QED) is 0.732. The molecule has 0 N–H and O–H groups in total. The van der Waals surface area contributed by atoms with Gasteiger partial charge in [0.25, 0.3) is 5.78 Å². The van der Waals surface area contributed by atoms with Crippen molar-refractivity contribution in [1.29, 1.82) is 0 Å². The fourth-order valence-electron chi connectivity index (χ4n) is 3.03. The molecule has 3 aromatic rings. The second-order valence-electron chi connectivity index (χ2n) is 5.76. The van der Waals surface area contributed by atoms with Crippen LogP contribution in [0.3, 0.4) is 0 Å². The molecule has 0 bridgehead atoms. The summed E-state index contributed by atoms with van der Waals surface area (Å²) in [7, 11) is 0. The van der Waals surface area contributed by atoms with Crippen LogP contribution in [0.2, 0.25) is 5.02 Å². The lowest BCUT2D eigenvalue weighted by atomic mass is 10.1. The van der Waals surface area contributed by atoms with Gasteiger partial charge in [0, 0.05) is 35.4 Å². The topological polar surface area (TPSA) is 55.6 Å². The minimum Gasteiger partial charge on any atom is -0.370 e. The molecule has 2 aromatic heterocycles. The summed E-state index contributed by atoms with van der Waals surface area (Å²) in [6.07, 6.45) is 2.33. The molecule has 3 heterocycles. The molecule has 0 aliphatic carbocycles. The number of ether oxygens (including phenoxy) is 1. The third-order valence-corrected chi connectivity index (χ3v) is 4.64. The van der Waals surface area contributed by atoms with E-state index >= 15 is 0 Å². The van der Waals surface area contributed by atoms with Crippen molar-refractivity contribution in [3.63, 3.8) is 0 Å². The number of anilines is 1. The van der Waals surface area contributed by atoms with Crippen molar-refractivity contribution in [2.24, 2.45) is 0 Å². The Hall–Kier alpha value is -2.18.